The summed E-state index contributed by atoms with van der Waals surface area (Å²) in [6.07, 6.45) is 5.02. The maximum Gasteiger partial charge on any atom is 0.166 e. The Morgan fingerprint density at radius 3 is 3.06 bits per heavy atom. The maximum absolute atomic E-state index is 5.77. The molecule has 0 fully saturated rings. The number of ether oxygens (including phenoxy) is 2. The number of methoxy groups -OCH3 is 1. The Hall–Kier alpha value is -1.00. The monoisotopic (exact) mass is 297 g/mol. The van der Waals surface area contributed by atoms with E-state index in [1.54, 1.807) is 7.11 Å². The number of benzene rings is 1. The van der Waals surface area contributed by atoms with Crippen molar-refractivity contribution in [3.63, 3.8) is 0 Å². The smallest absolute Gasteiger partial charge is 0.166 e. The normalized spacial score (nSPS) is 18.2. The molecule has 1 atom stereocenters. The summed E-state index contributed by atoms with van der Waals surface area (Å²) in [6, 6.07) is 1.97. The summed E-state index contributed by atoms with van der Waals surface area (Å²) in [6.45, 7) is 2.58. The van der Waals surface area contributed by atoms with Crippen LogP contribution in [-0.2, 0) is 6.42 Å². The molecule has 1 aliphatic heterocycles. The Morgan fingerprint density at radius 1 is 1.65 bits per heavy atom. The van der Waals surface area contributed by atoms with Crippen molar-refractivity contribution in [2.45, 2.75) is 19.4 Å². The zero-order valence-corrected chi connectivity index (χ0v) is 11.6. The molecule has 0 saturated carbocycles. The van der Waals surface area contributed by atoms with Gasteiger partial charge in [-0.1, -0.05) is 12.2 Å². The first kappa shape index (κ1) is 12.5. The lowest BCUT2D eigenvalue weighted by Gasteiger charge is -2.11. The van der Waals surface area contributed by atoms with E-state index in [4.69, 9.17) is 15.2 Å². The molecule has 4 heteroatoms. The summed E-state index contributed by atoms with van der Waals surface area (Å²) in [7, 11) is 1.66. The molecule has 1 heterocycles. The highest BCUT2D eigenvalue weighted by atomic mass is 79.9. The van der Waals surface area contributed by atoms with Crippen LogP contribution in [0.25, 0.3) is 6.08 Å². The maximum atomic E-state index is 5.77. The Kier molecular flexibility index (Phi) is 3.74. The van der Waals surface area contributed by atoms with Crippen molar-refractivity contribution in [2.24, 2.45) is 5.73 Å². The molecular weight excluding hydrogens is 282 g/mol. The third-order valence-electron chi connectivity index (χ3n) is 2.77. The SMILES string of the molecule is COc1cc(/C=C/CN)c(Br)c2c1OC(C)C2. The first-order chi connectivity index (χ1) is 8.17. The molecule has 2 rings (SSSR count). The van der Waals surface area contributed by atoms with Gasteiger partial charge in [-0.25, -0.2) is 0 Å². The highest BCUT2D eigenvalue weighted by molar-refractivity contribution is 9.10. The quantitative estimate of drug-likeness (QED) is 0.933. The van der Waals surface area contributed by atoms with Crippen LogP contribution in [0.2, 0.25) is 0 Å². The highest BCUT2D eigenvalue weighted by Gasteiger charge is 2.26. The van der Waals surface area contributed by atoms with Crippen LogP contribution >= 0.6 is 15.9 Å². The van der Waals surface area contributed by atoms with Crippen molar-refractivity contribution in [3.8, 4) is 11.5 Å². The van der Waals surface area contributed by atoms with Crippen molar-refractivity contribution in [1.29, 1.82) is 0 Å². The molecule has 0 radical (unpaired) electrons. The lowest BCUT2D eigenvalue weighted by Crippen LogP contribution is -2.05. The topological polar surface area (TPSA) is 44.5 Å². The summed E-state index contributed by atoms with van der Waals surface area (Å²) < 4.78 is 12.2. The second-order valence-electron chi connectivity index (χ2n) is 4.06. The average molecular weight is 298 g/mol. The first-order valence-electron chi connectivity index (χ1n) is 5.60. The standard InChI is InChI=1S/C13H16BrNO2/c1-8-6-10-12(14)9(4-3-5-15)7-11(16-2)13(10)17-8/h3-4,7-8H,5-6,15H2,1-2H3/b4-3+. The number of nitrogens with two attached hydrogens (primary N) is 1. The Bertz CT molecular complexity index is 457. The molecular formula is C13H16BrNO2. The number of hydrogen-bond donors (Lipinski definition) is 1. The van der Waals surface area contributed by atoms with Gasteiger partial charge in [0, 0.05) is 23.0 Å². The molecule has 17 heavy (non-hydrogen) atoms. The van der Waals surface area contributed by atoms with Crippen LogP contribution in [0.4, 0.5) is 0 Å². The number of fused-ring (bicyclic) bond motifs is 1. The molecule has 1 unspecified atom stereocenters. The van der Waals surface area contributed by atoms with Crippen LogP contribution in [0.15, 0.2) is 16.6 Å². The van der Waals surface area contributed by atoms with Gasteiger partial charge in [0.15, 0.2) is 11.5 Å². The van der Waals surface area contributed by atoms with Crippen molar-refractivity contribution in [2.75, 3.05) is 13.7 Å². The van der Waals surface area contributed by atoms with Gasteiger partial charge in [-0.3, -0.25) is 0 Å². The molecule has 3 nitrogen and oxygen atoms in total. The van der Waals surface area contributed by atoms with Crippen LogP contribution in [0.5, 0.6) is 11.5 Å². The molecule has 1 aliphatic rings. The minimum atomic E-state index is 0.198. The van der Waals surface area contributed by atoms with E-state index in [1.807, 2.05) is 18.2 Å². The number of halogens is 1. The van der Waals surface area contributed by atoms with Gasteiger partial charge in [0.2, 0.25) is 0 Å². The second kappa shape index (κ2) is 5.10. The van der Waals surface area contributed by atoms with Crippen LogP contribution in [0.1, 0.15) is 18.1 Å². The summed E-state index contributed by atoms with van der Waals surface area (Å²) in [4.78, 5) is 0. The molecule has 0 aliphatic carbocycles. The van der Waals surface area contributed by atoms with E-state index in [1.165, 1.54) is 5.56 Å². The van der Waals surface area contributed by atoms with Gasteiger partial charge in [0.25, 0.3) is 0 Å². The minimum absolute atomic E-state index is 0.198. The fourth-order valence-electron chi connectivity index (χ4n) is 2.00. The zero-order chi connectivity index (χ0) is 12.4. The predicted molar refractivity (Wildman–Crippen MR) is 72.6 cm³/mol. The molecule has 0 spiro atoms. The van der Waals surface area contributed by atoms with Gasteiger partial charge in [0.05, 0.1) is 7.11 Å². The van der Waals surface area contributed by atoms with Crippen molar-refractivity contribution < 1.29 is 9.47 Å². The van der Waals surface area contributed by atoms with E-state index in [2.05, 4.69) is 22.9 Å². The van der Waals surface area contributed by atoms with E-state index < -0.39 is 0 Å². The Labute approximate surface area is 110 Å². The predicted octanol–water partition coefficient (Wildman–Crippen LogP) is 2.75. The molecule has 1 aromatic carbocycles. The van der Waals surface area contributed by atoms with Crippen LogP contribution in [0, 0.1) is 0 Å². The fourth-order valence-corrected chi connectivity index (χ4v) is 2.59. The lowest BCUT2D eigenvalue weighted by molar-refractivity contribution is 0.243. The molecule has 2 N–H and O–H groups in total. The molecule has 92 valence electrons. The van der Waals surface area contributed by atoms with Gasteiger partial charge < -0.3 is 15.2 Å². The van der Waals surface area contributed by atoms with E-state index in [-0.39, 0.29) is 6.10 Å². The molecule has 1 aromatic rings. The van der Waals surface area contributed by atoms with Gasteiger partial charge in [-0.05, 0) is 34.5 Å². The summed E-state index contributed by atoms with van der Waals surface area (Å²) in [5.41, 5.74) is 7.72. The number of hydrogen-bond acceptors (Lipinski definition) is 3. The van der Waals surface area contributed by atoms with Crippen molar-refractivity contribution in [3.05, 3.63) is 27.7 Å². The fraction of sp³-hybridized carbons (Fsp3) is 0.385. The first-order valence-corrected chi connectivity index (χ1v) is 6.39. The largest absolute Gasteiger partial charge is 0.493 e. The summed E-state index contributed by atoms with van der Waals surface area (Å²) in [5.74, 6) is 1.64. The van der Waals surface area contributed by atoms with Gasteiger partial charge in [-0.2, -0.15) is 0 Å². The Morgan fingerprint density at radius 2 is 2.41 bits per heavy atom. The lowest BCUT2D eigenvalue weighted by atomic mass is 10.1. The van der Waals surface area contributed by atoms with Gasteiger partial charge in [0.1, 0.15) is 6.10 Å². The van der Waals surface area contributed by atoms with E-state index in [0.717, 1.165) is 28.0 Å². The van der Waals surface area contributed by atoms with Crippen molar-refractivity contribution >= 4 is 22.0 Å². The van der Waals surface area contributed by atoms with E-state index in [9.17, 15) is 0 Å². The molecule has 0 bridgehead atoms. The summed E-state index contributed by atoms with van der Waals surface area (Å²) in [5, 5.41) is 0. The molecule has 0 amide bonds. The molecule has 0 saturated heterocycles. The van der Waals surface area contributed by atoms with Crippen LogP contribution < -0.4 is 15.2 Å². The highest BCUT2D eigenvalue weighted by Crippen LogP contribution is 2.44. The molecule has 0 aromatic heterocycles. The zero-order valence-electron chi connectivity index (χ0n) is 10.00. The third-order valence-corrected chi connectivity index (χ3v) is 3.70. The Balaban J connectivity index is 2.51. The van der Waals surface area contributed by atoms with E-state index in [0.29, 0.717) is 6.54 Å². The minimum Gasteiger partial charge on any atom is -0.493 e. The van der Waals surface area contributed by atoms with Gasteiger partial charge >= 0.3 is 0 Å². The van der Waals surface area contributed by atoms with E-state index >= 15 is 0 Å². The van der Waals surface area contributed by atoms with Crippen molar-refractivity contribution in [1.82, 2.24) is 0 Å². The third kappa shape index (κ3) is 2.33. The van der Waals surface area contributed by atoms with Gasteiger partial charge in [-0.15, -0.1) is 0 Å². The average Bonchev–Trinajstić information content (AvgIpc) is 2.71. The number of rotatable bonds is 3. The van der Waals surface area contributed by atoms with Crippen LogP contribution in [0.3, 0.4) is 0 Å². The second-order valence-corrected chi connectivity index (χ2v) is 4.85. The van der Waals surface area contributed by atoms with Crippen LogP contribution in [-0.4, -0.2) is 19.8 Å². The summed E-state index contributed by atoms with van der Waals surface area (Å²) >= 11 is 3.63.